The molecule has 0 aliphatic carbocycles. The average molecular weight is 285 g/mol. The molecule has 3 heterocycles. The fourth-order valence-corrected chi connectivity index (χ4v) is 3.73. The summed E-state index contributed by atoms with van der Waals surface area (Å²) in [6.07, 6.45) is 4.75. The summed E-state index contributed by atoms with van der Waals surface area (Å²) in [6, 6.07) is 10.0. The molecular weight excluding hydrogens is 258 g/mol. The molecule has 0 bridgehead atoms. The van der Waals surface area contributed by atoms with E-state index in [1.54, 1.807) is 0 Å². The van der Waals surface area contributed by atoms with E-state index in [1.165, 1.54) is 42.7 Å². The van der Waals surface area contributed by atoms with Crippen LogP contribution in [0.3, 0.4) is 0 Å². The third-order valence-corrected chi connectivity index (χ3v) is 5.12. The van der Waals surface area contributed by atoms with Crippen LogP contribution in [0, 0.1) is 6.92 Å². The Hall–Kier alpha value is -1.32. The maximum atomic E-state index is 2.64. The molecule has 2 aromatic heterocycles. The van der Waals surface area contributed by atoms with Crippen LogP contribution in [0.5, 0.6) is 0 Å². The van der Waals surface area contributed by atoms with Gasteiger partial charge in [0.25, 0.3) is 0 Å². The summed E-state index contributed by atoms with van der Waals surface area (Å²) in [5.74, 6) is 0. The smallest absolute Gasteiger partial charge is 0.0478 e. The summed E-state index contributed by atoms with van der Waals surface area (Å²) >= 11 is 0. The summed E-state index contributed by atoms with van der Waals surface area (Å²) in [4.78, 5) is 5.02. The first-order valence-corrected chi connectivity index (χ1v) is 8.05. The number of rotatable bonds is 3. The average Bonchev–Trinajstić information content (AvgIpc) is 2.95. The van der Waals surface area contributed by atoms with E-state index in [4.69, 9.17) is 0 Å². The molecule has 1 fully saturated rings. The number of aryl methyl sites for hydroxylation is 1. The first kappa shape index (κ1) is 14.6. The van der Waals surface area contributed by atoms with E-state index in [2.05, 4.69) is 72.6 Å². The minimum absolute atomic E-state index is 0.476. The van der Waals surface area contributed by atoms with Crippen molar-refractivity contribution in [1.29, 1.82) is 0 Å². The largest absolute Gasteiger partial charge is 0.319 e. The van der Waals surface area contributed by atoms with Gasteiger partial charge in [-0.25, -0.2) is 0 Å². The van der Waals surface area contributed by atoms with Crippen molar-refractivity contribution >= 4 is 5.52 Å². The van der Waals surface area contributed by atoms with Gasteiger partial charge in [0.1, 0.15) is 0 Å². The van der Waals surface area contributed by atoms with Crippen LogP contribution in [0.15, 0.2) is 30.5 Å². The molecule has 2 aromatic rings. The molecule has 3 heteroatoms. The van der Waals surface area contributed by atoms with Gasteiger partial charge in [-0.2, -0.15) is 0 Å². The number of aromatic nitrogens is 1. The van der Waals surface area contributed by atoms with Crippen molar-refractivity contribution in [2.75, 3.05) is 27.2 Å². The van der Waals surface area contributed by atoms with Gasteiger partial charge >= 0.3 is 0 Å². The summed E-state index contributed by atoms with van der Waals surface area (Å²) in [5, 5.41) is 0. The molecule has 0 N–H and O–H groups in total. The Morgan fingerprint density at radius 3 is 2.52 bits per heavy atom. The number of fused-ring (bicyclic) bond motifs is 1. The van der Waals surface area contributed by atoms with Gasteiger partial charge in [-0.15, -0.1) is 0 Å². The van der Waals surface area contributed by atoms with Crippen LogP contribution in [0.25, 0.3) is 5.52 Å². The zero-order chi connectivity index (χ0) is 15.0. The minimum Gasteiger partial charge on any atom is -0.319 e. The molecule has 1 aliphatic rings. The van der Waals surface area contributed by atoms with Crippen molar-refractivity contribution in [3.05, 3.63) is 41.7 Å². The van der Waals surface area contributed by atoms with E-state index in [-0.39, 0.29) is 0 Å². The summed E-state index contributed by atoms with van der Waals surface area (Å²) < 4.78 is 2.36. The van der Waals surface area contributed by atoms with Gasteiger partial charge in [-0.3, -0.25) is 4.90 Å². The zero-order valence-corrected chi connectivity index (χ0v) is 13.7. The molecule has 1 aliphatic heterocycles. The van der Waals surface area contributed by atoms with Crippen LogP contribution in [-0.4, -0.2) is 47.4 Å². The van der Waals surface area contributed by atoms with Crippen LogP contribution in [0.2, 0.25) is 0 Å². The van der Waals surface area contributed by atoms with Gasteiger partial charge in [0.2, 0.25) is 0 Å². The van der Waals surface area contributed by atoms with Crippen LogP contribution in [0.4, 0.5) is 0 Å². The third-order valence-electron chi connectivity index (χ3n) is 5.12. The first-order chi connectivity index (χ1) is 10.1. The molecule has 21 heavy (non-hydrogen) atoms. The number of pyridine rings is 1. The van der Waals surface area contributed by atoms with Gasteiger partial charge in [0.15, 0.2) is 0 Å². The van der Waals surface area contributed by atoms with Crippen molar-refractivity contribution in [2.45, 2.75) is 38.8 Å². The molecule has 0 amide bonds. The number of likely N-dealkylation sites (tertiary alicyclic amines) is 1. The van der Waals surface area contributed by atoms with E-state index in [0.29, 0.717) is 6.04 Å². The molecule has 1 unspecified atom stereocenters. The lowest BCUT2D eigenvalue weighted by molar-refractivity contribution is 0.112. The predicted octanol–water partition coefficient (Wildman–Crippen LogP) is 3.33. The molecule has 114 valence electrons. The molecule has 3 nitrogen and oxygen atoms in total. The maximum absolute atomic E-state index is 2.64. The van der Waals surface area contributed by atoms with E-state index in [0.717, 1.165) is 6.04 Å². The highest BCUT2D eigenvalue weighted by Gasteiger charge is 2.26. The molecule has 1 saturated heterocycles. The van der Waals surface area contributed by atoms with Gasteiger partial charge in [0.05, 0.1) is 0 Å². The van der Waals surface area contributed by atoms with Crippen LogP contribution >= 0.6 is 0 Å². The molecule has 3 rings (SSSR count). The summed E-state index contributed by atoms with van der Waals surface area (Å²) in [6.45, 7) is 6.98. The Labute approximate surface area is 128 Å². The minimum atomic E-state index is 0.476. The Bertz CT molecular complexity index is 606. The lowest BCUT2D eigenvalue weighted by atomic mass is 10.00. The Morgan fingerprint density at radius 2 is 1.86 bits per heavy atom. The highest BCUT2D eigenvalue weighted by Crippen LogP contribution is 2.28. The van der Waals surface area contributed by atoms with Crippen LogP contribution in [-0.2, 0) is 0 Å². The van der Waals surface area contributed by atoms with Gasteiger partial charge < -0.3 is 9.30 Å². The highest BCUT2D eigenvalue weighted by atomic mass is 15.2. The van der Waals surface area contributed by atoms with E-state index in [1.807, 2.05) is 0 Å². The van der Waals surface area contributed by atoms with Crippen molar-refractivity contribution < 1.29 is 0 Å². The Balaban J connectivity index is 1.83. The predicted molar refractivity (Wildman–Crippen MR) is 88.8 cm³/mol. The molecule has 0 aromatic carbocycles. The SMILES string of the molecule is Cc1ccc2cccn2c1C(C)N1CCC(N(C)C)CC1. The van der Waals surface area contributed by atoms with Crippen molar-refractivity contribution in [2.24, 2.45) is 0 Å². The second-order valence-corrected chi connectivity index (χ2v) is 6.61. The zero-order valence-electron chi connectivity index (χ0n) is 13.7. The number of nitrogens with zero attached hydrogens (tertiary/aromatic N) is 3. The number of piperidine rings is 1. The van der Waals surface area contributed by atoms with Crippen LogP contribution in [0.1, 0.15) is 37.1 Å². The number of hydrogen-bond donors (Lipinski definition) is 0. The normalized spacial score (nSPS) is 19.5. The highest BCUT2D eigenvalue weighted by molar-refractivity contribution is 5.51. The lowest BCUT2D eigenvalue weighted by Crippen LogP contribution is -2.43. The molecule has 0 spiro atoms. The van der Waals surface area contributed by atoms with E-state index >= 15 is 0 Å². The molecule has 0 radical (unpaired) electrons. The Kier molecular flexibility index (Phi) is 4.05. The third kappa shape index (κ3) is 2.72. The second-order valence-electron chi connectivity index (χ2n) is 6.61. The summed E-state index contributed by atoms with van der Waals surface area (Å²) in [5.41, 5.74) is 4.13. The number of hydrogen-bond acceptors (Lipinski definition) is 2. The van der Waals surface area contributed by atoms with E-state index in [9.17, 15) is 0 Å². The fourth-order valence-electron chi connectivity index (χ4n) is 3.73. The summed E-state index contributed by atoms with van der Waals surface area (Å²) in [7, 11) is 4.41. The topological polar surface area (TPSA) is 10.9 Å². The maximum Gasteiger partial charge on any atom is 0.0478 e. The molecular formula is C18H27N3. The Morgan fingerprint density at radius 1 is 1.14 bits per heavy atom. The fraction of sp³-hybridized carbons (Fsp3) is 0.556. The van der Waals surface area contributed by atoms with Crippen molar-refractivity contribution in [1.82, 2.24) is 14.2 Å². The van der Waals surface area contributed by atoms with Crippen molar-refractivity contribution in [3.8, 4) is 0 Å². The monoisotopic (exact) mass is 285 g/mol. The lowest BCUT2D eigenvalue weighted by Gasteiger charge is -2.39. The van der Waals surface area contributed by atoms with E-state index < -0.39 is 0 Å². The van der Waals surface area contributed by atoms with Crippen LogP contribution < -0.4 is 0 Å². The molecule has 1 atom stereocenters. The first-order valence-electron chi connectivity index (χ1n) is 8.05. The van der Waals surface area contributed by atoms with Gasteiger partial charge in [-0.1, -0.05) is 6.07 Å². The standard InChI is InChI=1S/C18H27N3/c1-14-7-8-17-6-5-11-21(17)18(14)15(2)20-12-9-16(10-13-20)19(3)4/h5-8,11,15-16H,9-10,12-13H2,1-4H3. The van der Waals surface area contributed by atoms with Gasteiger partial charge in [-0.05, 0) is 64.5 Å². The quantitative estimate of drug-likeness (QED) is 0.856. The second kappa shape index (κ2) is 5.82. The van der Waals surface area contributed by atoms with Gasteiger partial charge in [0, 0.05) is 42.6 Å². The van der Waals surface area contributed by atoms with Crippen molar-refractivity contribution in [3.63, 3.8) is 0 Å². The molecule has 0 saturated carbocycles.